The molecule has 3 rings (SSSR count). The molecule has 0 aliphatic heterocycles. The molecule has 3 aromatic rings. The standard InChI is InChI=1S/C17H18N6O4/c1-26-13-3-2-4-14(9-13)27-10-16(24)19-7-8-22-17(25)6-5-15(21-22)23-12-18-11-20-23/h2-6,9,11-12H,7-8,10H2,1H3,(H,19,24). The number of nitrogens with one attached hydrogen (secondary N) is 1. The predicted molar refractivity (Wildman–Crippen MR) is 94.9 cm³/mol. The summed E-state index contributed by atoms with van der Waals surface area (Å²) in [4.78, 5) is 27.6. The van der Waals surface area contributed by atoms with Gasteiger partial charge in [-0.25, -0.2) is 14.3 Å². The molecule has 0 atom stereocenters. The van der Waals surface area contributed by atoms with E-state index in [-0.39, 0.29) is 31.2 Å². The summed E-state index contributed by atoms with van der Waals surface area (Å²) in [7, 11) is 1.56. The van der Waals surface area contributed by atoms with Crippen molar-refractivity contribution in [2.24, 2.45) is 0 Å². The highest BCUT2D eigenvalue weighted by atomic mass is 16.5. The van der Waals surface area contributed by atoms with Crippen molar-refractivity contribution in [2.75, 3.05) is 20.3 Å². The van der Waals surface area contributed by atoms with Crippen LogP contribution in [-0.2, 0) is 11.3 Å². The summed E-state index contributed by atoms with van der Waals surface area (Å²) in [5.74, 6) is 1.33. The van der Waals surface area contributed by atoms with E-state index < -0.39 is 0 Å². The Morgan fingerprint density at radius 3 is 2.85 bits per heavy atom. The number of ether oxygens (including phenoxy) is 2. The number of hydrogen-bond acceptors (Lipinski definition) is 7. The number of carbonyl (C=O) groups excluding carboxylic acids is 1. The topological polar surface area (TPSA) is 113 Å². The third-order valence-corrected chi connectivity index (χ3v) is 3.56. The molecule has 0 spiro atoms. The Hall–Kier alpha value is -3.69. The molecule has 2 heterocycles. The highest BCUT2D eigenvalue weighted by molar-refractivity contribution is 5.77. The van der Waals surface area contributed by atoms with E-state index in [4.69, 9.17) is 9.47 Å². The van der Waals surface area contributed by atoms with Crippen LogP contribution in [0.4, 0.5) is 0 Å². The van der Waals surface area contributed by atoms with E-state index in [0.717, 1.165) is 0 Å². The van der Waals surface area contributed by atoms with E-state index in [1.807, 2.05) is 0 Å². The summed E-state index contributed by atoms with van der Waals surface area (Å²) in [5.41, 5.74) is -0.277. The first-order valence-corrected chi connectivity index (χ1v) is 8.12. The summed E-state index contributed by atoms with van der Waals surface area (Å²) >= 11 is 0. The maximum atomic E-state index is 11.9. The molecule has 0 saturated carbocycles. The van der Waals surface area contributed by atoms with Crippen LogP contribution in [0.5, 0.6) is 11.5 Å². The third kappa shape index (κ3) is 4.91. The largest absolute Gasteiger partial charge is 0.497 e. The molecular weight excluding hydrogens is 352 g/mol. The molecule has 0 aliphatic rings. The van der Waals surface area contributed by atoms with Crippen LogP contribution in [0.15, 0.2) is 53.8 Å². The molecule has 0 aliphatic carbocycles. The van der Waals surface area contributed by atoms with Crippen molar-refractivity contribution < 1.29 is 14.3 Å². The van der Waals surface area contributed by atoms with Gasteiger partial charge in [0.25, 0.3) is 11.5 Å². The van der Waals surface area contributed by atoms with Crippen molar-refractivity contribution in [3.63, 3.8) is 0 Å². The third-order valence-electron chi connectivity index (χ3n) is 3.56. The van der Waals surface area contributed by atoms with Crippen LogP contribution < -0.4 is 20.3 Å². The second-order valence-corrected chi connectivity index (χ2v) is 5.41. The fourth-order valence-electron chi connectivity index (χ4n) is 2.24. The fraction of sp³-hybridized carbons (Fsp3) is 0.235. The molecule has 2 aromatic heterocycles. The SMILES string of the molecule is COc1cccc(OCC(=O)NCCn2nc(-n3cncn3)ccc2=O)c1. The van der Waals surface area contributed by atoms with Gasteiger partial charge in [0.05, 0.1) is 13.7 Å². The number of benzene rings is 1. The Balaban J connectivity index is 1.50. The van der Waals surface area contributed by atoms with E-state index in [1.165, 1.54) is 28.1 Å². The number of amides is 1. The molecule has 27 heavy (non-hydrogen) atoms. The fourth-order valence-corrected chi connectivity index (χ4v) is 2.24. The number of rotatable bonds is 8. The van der Waals surface area contributed by atoms with E-state index in [9.17, 15) is 9.59 Å². The van der Waals surface area contributed by atoms with Crippen LogP contribution >= 0.6 is 0 Å². The molecule has 10 nitrogen and oxygen atoms in total. The van der Waals surface area contributed by atoms with Crippen molar-refractivity contribution in [1.29, 1.82) is 0 Å². The van der Waals surface area contributed by atoms with Gasteiger partial charge < -0.3 is 14.8 Å². The minimum Gasteiger partial charge on any atom is -0.497 e. The zero-order valence-corrected chi connectivity index (χ0v) is 14.6. The highest BCUT2D eigenvalue weighted by Crippen LogP contribution is 2.18. The van der Waals surface area contributed by atoms with Crippen LogP contribution in [0.1, 0.15) is 0 Å². The Morgan fingerprint density at radius 2 is 2.07 bits per heavy atom. The van der Waals surface area contributed by atoms with Gasteiger partial charge in [-0.2, -0.15) is 5.10 Å². The quantitative estimate of drug-likeness (QED) is 0.595. The molecule has 10 heteroatoms. The zero-order chi connectivity index (χ0) is 19.1. The lowest BCUT2D eigenvalue weighted by molar-refractivity contribution is -0.123. The summed E-state index contributed by atoms with van der Waals surface area (Å²) in [5, 5.41) is 10.8. The van der Waals surface area contributed by atoms with Gasteiger partial charge in [0.2, 0.25) is 0 Å². The van der Waals surface area contributed by atoms with E-state index in [1.54, 1.807) is 37.4 Å². The lowest BCUT2D eigenvalue weighted by Gasteiger charge is -2.09. The molecule has 140 valence electrons. The summed E-state index contributed by atoms with van der Waals surface area (Å²) in [6.07, 6.45) is 2.86. The van der Waals surface area contributed by atoms with E-state index >= 15 is 0 Å². The summed E-state index contributed by atoms with van der Waals surface area (Å²) < 4.78 is 13.2. The van der Waals surface area contributed by atoms with Gasteiger partial charge in [0.15, 0.2) is 12.4 Å². The van der Waals surface area contributed by atoms with Gasteiger partial charge in [-0.1, -0.05) is 6.07 Å². The van der Waals surface area contributed by atoms with Crippen molar-refractivity contribution in [1.82, 2.24) is 29.9 Å². The molecule has 1 aromatic carbocycles. The Kier molecular flexibility index (Phi) is 5.77. The molecule has 0 fully saturated rings. The van der Waals surface area contributed by atoms with Gasteiger partial charge in [0, 0.05) is 18.7 Å². The Labute approximate surface area is 154 Å². The van der Waals surface area contributed by atoms with Crippen molar-refractivity contribution in [3.8, 4) is 17.3 Å². The maximum absolute atomic E-state index is 11.9. The first kappa shape index (κ1) is 18.1. The lowest BCUT2D eigenvalue weighted by atomic mass is 10.3. The summed E-state index contributed by atoms with van der Waals surface area (Å²) in [6.45, 7) is 0.300. The second kappa shape index (κ2) is 8.61. The molecular formula is C17H18N6O4. The van der Waals surface area contributed by atoms with Gasteiger partial charge in [-0.15, -0.1) is 5.10 Å². The van der Waals surface area contributed by atoms with Crippen LogP contribution in [0.3, 0.4) is 0 Å². The molecule has 0 bridgehead atoms. The van der Waals surface area contributed by atoms with Crippen LogP contribution in [0.2, 0.25) is 0 Å². The Morgan fingerprint density at radius 1 is 1.22 bits per heavy atom. The second-order valence-electron chi connectivity index (χ2n) is 5.41. The van der Waals surface area contributed by atoms with E-state index in [0.29, 0.717) is 17.3 Å². The number of nitrogens with zero attached hydrogens (tertiary/aromatic N) is 5. The monoisotopic (exact) mass is 370 g/mol. The van der Waals surface area contributed by atoms with Crippen LogP contribution in [0, 0.1) is 0 Å². The van der Waals surface area contributed by atoms with Crippen molar-refractivity contribution in [2.45, 2.75) is 6.54 Å². The average molecular weight is 370 g/mol. The Bertz CT molecular complexity index is 954. The molecule has 1 N–H and O–H groups in total. The van der Waals surface area contributed by atoms with Crippen LogP contribution in [0.25, 0.3) is 5.82 Å². The van der Waals surface area contributed by atoms with Crippen molar-refractivity contribution in [3.05, 3.63) is 59.4 Å². The first-order chi connectivity index (χ1) is 13.2. The predicted octanol–water partition coefficient (Wildman–Crippen LogP) is 0.0278. The lowest BCUT2D eigenvalue weighted by Crippen LogP contribution is -2.34. The van der Waals surface area contributed by atoms with Gasteiger partial charge in [-0.3, -0.25) is 9.59 Å². The number of carbonyl (C=O) groups is 1. The average Bonchev–Trinajstić information content (AvgIpc) is 3.23. The number of hydrogen-bond donors (Lipinski definition) is 1. The molecule has 1 amide bonds. The van der Waals surface area contributed by atoms with Gasteiger partial charge in [0.1, 0.15) is 24.2 Å². The number of methoxy groups -OCH3 is 1. The summed E-state index contributed by atoms with van der Waals surface area (Å²) in [6, 6.07) is 9.91. The normalized spacial score (nSPS) is 10.4. The smallest absolute Gasteiger partial charge is 0.266 e. The molecule has 0 unspecified atom stereocenters. The van der Waals surface area contributed by atoms with Crippen LogP contribution in [-0.4, -0.2) is 50.7 Å². The minimum atomic E-state index is -0.307. The zero-order valence-electron chi connectivity index (χ0n) is 14.6. The molecule has 0 radical (unpaired) electrons. The minimum absolute atomic E-state index is 0.144. The highest BCUT2D eigenvalue weighted by Gasteiger charge is 2.06. The maximum Gasteiger partial charge on any atom is 0.266 e. The molecule has 0 saturated heterocycles. The number of aromatic nitrogens is 5. The van der Waals surface area contributed by atoms with Gasteiger partial charge in [-0.05, 0) is 18.2 Å². The first-order valence-electron chi connectivity index (χ1n) is 8.12. The van der Waals surface area contributed by atoms with E-state index in [2.05, 4.69) is 20.5 Å². The van der Waals surface area contributed by atoms with Crippen molar-refractivity contribution >= 4 is 5.91 Å². The van der Waals surface area contributed by atoms with Gasteiger partial charge >= 0.3 is 0 Å².